The Morgan fingerprint density at radius 3 is 1.95 bits per heavy atom. The molecule has 0 aromatic heterocycles. The van der Waals surface area contributed by atoms with Gasteiger partial charge in [-0.05, 0) is 6.42 Å². The zero-order valence-corrected chi connectivity index (χ0v) is 15.3. The molecule has 1 atom stereocenters. The van der Waals surface area contributed by atoms with Gasteiger partial charge in [-0.25, -0.2) is 0 Å². The number of esters is 1. The lowest BCUT2D eigenvalue weighted by Gasteiger charge is -2.26. The second-order valence-electron chi connectivity index (χ2n) is 7.39. The summed E-state index contributed by atoms with van der Waals surface area (Å²) in [5, 5.41) is 9.77. The Kier molecular flexibility index (Phi) is 12.5. The Hall–Kier alpha value is -0.610. The van der Waals surface area contributed by atoms with E-state index in [1.54, 1.807) is 0 Å². The predicted octanol–water partition coefficient (Wildman–Crippen LogP) is 3.52. The molecule has 0 saturated heterocycles. The molecule has 0 aliphatic rings. The van der Waals surface area contributed by atoms with Gasteiger partial charge in [0.05, 0.1) is 21.1 Å². The Morgan fingerprint density at radius 2 is 1.45 bits per heavy atom. The summed E-state index contributed by atoms with van der Waals surface area (Å²) in [5.74, 6) is -0.177. The first-order valence-corrected chi connectivity index (χ1v) is 8.99. The maximum atomic E-state index is 11.6. The molecule has 0 aromatic carbocycles. The molecule has 0 aromatic rings. The third-order valence-corrected chi connectivity index (χ3v) is 3.68. The quantitative estimate of drug-likeness (QED) is 0.303. The highest BCUT2D eigenvalue weighted by Crippen LogP contribution is 2.10. The maximum absolute atomic E-state index is 11.6. The Bertz CT molecular complexity index is 274. The van der Waals surface area contributed by atoms with Crippen LogP contribution in [0, 0.1) is 0 Å². The van der Waals surface area contributed by atoms with E-state index in [1.807, 2.05) is 21.1 Å². The molecule has 0 aliphatic heterocycles. The number of ether oxygens (including phenoxy) is 1. The molecule has 0 radical (unpaired) electrons. The summed E-state index contributed by atoms with van der Waals surface area (Å²) >= 11 is 0. The van der Waals surface area contributed by atoms with Crippen LogP contribution in [-0.2, 0) is 9.53 Å². The monoisotopic (exact) mass is 316 g/mol. The largest absolute Gasteiger partial charge is 0.463 e. The SMILES string of the molecule is CCCCCCCCCCCC(=O)OCC(O)C[N+](C)(C)C. The molecule has 4 heteroatoms. The number of likely N-dealkylation sites (N-methyl/N-ethyl adjacent to an activating group) is 1. The van der Waals surface area contributed by atoms with Crippen molar-refractivity contribution in [1.29, 1.82) is 0 Å². The molecular weight excluding hydrogens is 278 g/mol. The lowest BCUT2D eigenvalue weighted by atomic mass is 10.1. The van der Waals surface area contributed by atoms with E-state index < -0.39 is 6.10 Å². The lowest BCUT2D eigenvalue weighted by molar-refractivity contribution is -0.873. The van der Waals surface area contributed by atoms with E-state index in [9.17, 15) is 9.90 Å². The minimum absolute atomic E-state index is 0.117. The van der Waals surface area contributed by atoms with Crippen LogP contribution in [0.25, 0.3) is 0 Å². The highest BCUT2D eigenvalue weighted by molar-refractivity contribution is 5.69. The molecule has 0 aliphatic carbocycles. The third-order valence-electron chi connectivity index (χ3n) is 3.68. The van der Waals surface area contributed by atoms with E-state index in [2.05, 4.69) is 6.92 Å². The van der Waals surface area contributed by atoms with Crippen LogP contribution >= 0.6 is 0 Å². The predicted molar refractivity (Wildman–Crippen MR) is 91.7 cm³/mol. The molecular formula is C18H38NO3+. The van der Waals surface area contributed by atoms with Crippen molar-refractivity contribution in [1.82, 2.24) is 0 Å². The van der Waals surface area contributed by atoms with Crippen LogP contribution in [0.2, 0.25) is 0 Å². The number of unbranched alkanes of at least 4 members (excludes halogenated alkanes) is 8. The van der Waals surface area contributed by atoms with E-state index in [-0.39, 0.29) is 12.6 Å². The van der Waals surface area contributed by atoms with Crippen molar-refractivity contribution in [2.24, 2.45) is 0 Å². The summed E-state index contributed by atoms with van der Waals surface area (Å²) < 4.78 is 5.79. The number of nitrogens with zero attached hydrogens (tertiary/aromatic N) is 1. The molecule has 0 fully saturated rings. The maximum Gasteiger partial charge on any atom is 0.305 e. The summed E-state index contributed by atoms with van der Waals surface area (Å²) in [5.41, 5.74) is 0. The van der Waals surface area contributed by atoms with Crippen molar-refractivity contribution in [3.05, 3.63) is 0 Å². The van der Waals surface area contributed by atoms with Crippen LogP contribution in [0.3, 0.4) is 0 Å². The fourth-order valence-corrected chi connectivity index (χ4v) is 2.53. The standard InChI is InChI=1S/C18H38NO3/c1-5-6-7-8-9-10-11-12-13-14-18(21)22-16-17(20)15-19(2,3)4/h17,20H,5-16H2,1-4H3/q+1. The van der Waals surface area contributed by atoms with Crippen LogP contribution in [-0.4, -0.2) is 56.0 Å². The summed E-state index contributed by atoms with van der Waals surface area (Å²) in [6, 6.07) is 0. The number of aliphatic hydroxyl groups is 1. The van der Waals surface area contributed by atoms with Gasteiger partial charge in [0.15, 0.2) is 0 Å². The fourth-order valence-electron chi connectivity index (χ4n) is 2.53. The number of hydrogen-bond donors (Lipinski definition) is 1. The van der Waals surface area contributed by atoms with Crippen molar-refractivity contribution in [3.63, 3.8) is 0 Å². The fraction of sp³-hybridized carbons (Fsp3) is 0.944. The second kappa shape index (κ2) is 12.9. The van der Waals surface area contributed by atoms with E-state index in [1.165, 1.54) is 44.9 Å². The highest BCUT2D eigenvalue weighted by atomic mass is 16.5. The van der Waals surface area contributed by atoms with Crippen LogP contribution in [0.15, 0.2) is 0 Å². The van der Waals surface area contributed by atoms with Gasteiger partial charge < -0.3 is 14.3 Å². The number of hydrogen-bond acceptors (Lipinski definition) is 3. The molecule has 0 amide bonds. The van der Waals surface area contributed by atoms with Gasteiger partial charge in [0.2, 0.25) is 0 Å². The van der Waals surface area contributed by atoms with Crippen LogP contribution in [0.4, 0.5) is 0 Å². The van der Waals surface area contributed by atoms with Gasteiger partial charge in [0, 0.05) is 6.42 Å². The van der Waals surface area contributed by atoms with Crippen molar-refractivity contribution < 1.29 is 19.1 Å². The number of quaternary nitrogens is 1. The first kappa shape index (κ1) is 21.4. The molecule has 0 saturated carbocycles. The first-order valence-electron chi connectivity index (χ1n) is 8.99. The summed E-state index contributed by atoms with van der Waals surface area (Å²) in [6.07, 6.45) is 11.1. The molecule has 0 spiro atoms. The van der Waals surface area contributed by atoms with E-state index in [0.29, 0.717) is 17.4 Å². The Morgan fingerprint density at radius 1 is 0.955 bits per heavy atom. The van der Waals surface area contributed by atoms with Crippen molar-refractivity contribution in [2.45, 2.75) is 77.2 Å². The topological polar surface area (TPSA) is 46.5 Å². The number of carbonyl (C=O) groups excluding carboxylic acids is 1. The summed E-state index contributed by atoms with van der Waals surface area (Å²) in [6.45, 7) is 2.94. The Balaban J connectivity index is 3.39. The summed E-state index contributed by atoms with van der Waals surface area (Å²) in [7, 11) is 6.02. The summed E-state index contributed by atoms with van der Waals surface area (Å²) in [4.78, 5) is 11.6. The van der Waals surface area contributed by atoms with Gasteiger partial charge in [-0.15, -0.1) is 0 Å². The minimum Gasteiger partial charge on any atom is -0.463 e. The zero-order valence-electron chi connectivity index (χ0n) is 15.3. The molecule has 0 bridgehead atoms. The highest BCUT2D eigenvalue weighted by Gasteiger charge is 2.17. The van der Waals surface area contributed by atoms with Gasteiger partial charge in [-0.2, -0.15) is 0 Å². The molecule has 4 nitrogen and oxygen atoms in total. The minimum atomic E-state index is -0.577. The van der Waals surface area contributed by atoms with Crippen molar-refractivity contribution in [3.8, 4) is 0 Å². The Labute approximate surface area is 137 Å². The molecule has 1 unspecified atom stereocenters. The molecule has 1 N–H and O–H groups in total. The van der Waals surface area contributed by atoms with E-state index in [4.69, 9.17) is 4.74 Å². The number of aliphatic hydroxyl groups excluding tert-OH is 1. The lowest BCUT2D eigenvalue weighted by Crippen LogP contribution is -2.43. The van der Waals surface area contributed by atoms with E-state index >= 15 is 0 Å². The number of rotatable bonds is 14. The average Bonchev–Trinajstić information content (AvgIpc) is 2.41. The first-order chi connectivity index (χ1) is 10.3. The van der Waals surface area contributed by atoms with Gasteiger partial charge in [-0.1, -0.05) is 58.3 Å². The third kappa shape index (κ3) is 15.8. The second-order valence-corrected chi connectivity index (χ2v) is 7.39. The zero-order chi connectivity index (χ0) is 16.8. The van der Waals surface area contributed by atoms with Crippen molar-refractivity contribution in [2.75, 3.05) is 34.3 Å². The van der Waals surface area contributed by atoms with E-state index in [0.717, 1.165) is 12.8 Å². The number of carbonyl (C=O) groups is 1. The molecule has 22 heavy (non-hydrogen) atoms. The molecule has 0 heterocycles. The van der Waals surface area contributed by atoms with Crippen LogP contribution in [0.1, 0.15) is 71.1 Å². The van der Waals surface area contributed by atoms with Crippen LogP contribution in [0.5, 0.6) is 0 Å². The van der Waals surface area contributed by atoms with Gasteiger partial charge in [-0.3, -0.25) is 4.79 Å². The molecule has 132 valence electrons. The van der Waals surface area contributed by atoms with Gasteiger partial charge >= 0.3 is 5.97 Å². The molecule has 0 rings (SSSR count). The average molecular weight is 317 g/mol. The van der Waals surface area contributed by atoms with Gasteiger partial charge in [0.1, 0.15) is 19.3 Å². The van der Waals surface area contributed by atoms with Gasteiger partial charge in [0.25, 0.3) is 0 Å². The van der Waals surface area contributed by atoms with Crippen LogP contribution < -0.4 is 0 Å². The smallest absolute Gasteiger partial charge is 0.305 e. The van der Waals surface area contributed by atoms with Crippen molar-refractivity contribution >= 4 is 5.97 Å². The normalized spacial score (nSPS) is 13.1.